The third kappa shape index (κ3) is 4.94. The molecular formula is C10H18O2. The quantitative estimate of drug-likeness (QED) is 0.452. The van der Waals surface area contributed by atoms with Gasteiger partial charge < -0.3 is 4.74 Å². The van der Waals surface area contributed by atoms with Gasteiger partial charge in [-0.3, -0.25) is 4.79 Å². The average molecular weight is 170 g/mol. The molecule has 0 aromatic heterocycles. The van der Waals surface area contributed by atoms with Crippen LogP contribution in [0.25, 0.3) is 0 Å². The molecule has 0 N–H and O–H groups in total. The summed E-state index contributed by atoms with van der Waals surface area (Å²) in [5, 5.41) is 0. The zero-order chi connectivity index (χ0) is 9.40. The lowest BCUT2D eigenvalue weighted by molar-refractivity contribution is -0.138. The Bertz CT molecular complexity index is 137. The molecule has 0 radical (unpaired) electrons. The molecule has 0 bridgehead atoms. The molecule has 0 rings (SSSR count). The lowest BCUT2D eigenvalue weighted by Gasteiger charge is -2.09. The van der Waals surface area contributed by atoms with Crippen molar-refractivity contribution in [3.8, 4) is 0 Å². The zero-order valence-electron chi connectivity index (χ0n) is 8.01. The fourth-order valence-corrected chi connectivity index (χ4v) is 1.17. The van der Waals surface area contributed by atoms with Crippen LogP contribution in [0.1, 0.15) is 39.5 Å². The summed E-state index contributed by atoms with van der Waals surface area (Å²) in [5.41, 5.74) is 0. The Hall–Kier alpha value is -0.790. The maximum absolute atomic E-state index is 10.9. The molecule has 0 aromatic carbocycles. The van der Waals surface area contributed by atoms with E-state index >= 15 is 0 Å². The second-order valence-electron chi connectivity index (χ2n) is 2.88. The molecule has 0 spiro atoms. The Labute approximate surface area is 74.6 Å². The van der Waals surface area contributed by atoms with E-state index in [0.717, 1.165) is 19.3 Å². The van der Waals surface area contributed by atoms with Crippen LogP contribution >= 0.6 is 0 Å². The Kier molecular flexibility index (Phi) is 6.44. The Morgan fingerprint density at radius 1 is 1.50 bits per heavy atom. The lowest BCUT2D eigenvalue weighted by Crippen LogP contribution is -2.04. The molecule has 70 valence electrons. The molecule has 0 atom stereocenters. The summed E-state index contributed by atoms with van der Waals surface area (Å²) in [6.07, 6.45) is 4.91. The third-order valence-corrected chi connectivity index (χ3v) is 2.13. The van der Waals surface area contributed by atoms with Gasteiger partial charge in [0.15, 0.2) is 0 Å². The normalized spacial score (nSPS) is 9.92. The molecule has 0 heterocycles. The molecule has 0 unspecified atom stereocenters. The Morgan fingerprint density at radius 3 is 2.50 bits per heavy atom. The zero-order valence-corrected chi connectivity index (χ0v) is 8.01. The maximum Gasteiger partial charge on any atom is 0.310 e. The van der Waals surface area contributed by atoms with Gasteiger partial charge in [-0.1, -0.05) is 33.3 Å². The number of carbonyl (C=O) groups excluding carboxylic acids is 1. The van der Waals surface area contributed by atoms with Crippen LogP contribution in [0.15, 0.2) is 12.8 Å². The lowest BCUT2D eigenvalue weighted by atomic mass is 9.98. The van der Waals surface area contributed by atoms with Gasteiger partial charge in [-0.2, -0.15) is 0 Å². The summed E-state index contributed by atoms with van der Waals surface area (Å²) in [7, 11) is 0. The highest BCUT2D eigenvalue weighted by molar-refractivity contribution is 5.69. The van der Waals surface area contributed by atoms with Crippen LogP contribution in [0, 0.1) is 5.92 Å². The largest absolute Gasteiger partial charge is 0.435 e. The molecule has 2 nitrogen and oxygen atoms in total. The molecule has 0 amide bonds. The molecule has 2 heteroatoms. The van der Waals surface area contributed by atoms with Crippen molar-refractivity contribution >= 4 is 5.97 Å². The molecule has 0 aliphatic heterocycles. The minimum atomic E-state index is -0.170. The first kappa shape index (κ1) is 11.2. The average Bonchev–Trinajstić information content (AvgIpc) is 2.07. The fraction of sp³-hybridized carbons (Fsp3) is 0.700. The van der Waals surface area contributed by atoms with Gasteiger partial charge in [0.25, 0.3) is 0 Å². The first-order valence-corrected chi connectivity index (χ1v) is 4.54. The minimum absolute atomic E-state index is 0.170. The molecule has 0 aliphatic rings. The van der Waals surface area contributed by atoms with Crippen LogP contribution in [0.4, 0.5) is 0 Å². The minimum Gasteiger partial charge on any atom is -0.435 e. The second kappa shape index (κ2) is 6.89. The van der Waals surface area contributed by atoms with E-state index in [-0.39, 0.29) is 5.97 Å². The van der Waals surface area contributed by atoms with E-state index < -0.39 is 0 Å². The van der Waals surface area contributed by atoms with Crippen molar-refractivity contribution in [3.63, 3.8) is 0 Å². The highest BCUT2D eigenvalue weighted by Crippen LogP contribution is 2.14. The van der Waals surface area contributed by atoms with Crippen LogP contribution in [-0.2, 0) is 9.53 Å². The highest BCUT2D eigenvalue weighted by atomic mass is 16.5. The molecule has 0 fully saturated rings. The van der Waals surface area contributed by atoms with Gasteiger partial charge in [0, 0.05) is 6.42 Å². The number of carbonyl (C=O) groups is 1. The summed E-state index contributed by atoms with van der Waals surface area (Å²) >= 11 is 0. The van der Waals surface area contributed by atoms with E-state index in [1.807, 2.05) is 0 Å². The summed E-state index contributed by atoms with van der Waals surface area (Å²) in [5.74, 6) is 0.485. The van der Waals surface area contributed by atoms with Crippen LogP contribution in [0.3, 0.4) is 0 Å². The summed E-state index contributed by atoms with van der Waals surface area (Å²) < 4.78 is 4.61. The molecule has 12 heavy (non-hydrogen) atoms. The first-order chi connectivity index (χ1) is 5.74. The first-order valence-electron chi connectivity index (χ1n) is 4.54. The van der Waals surface area contributed by atoms with Gasteiger partial charge >= 0.3 is 5.97 Å². The van der Waals surface area contributed by atoms with Crippen molar-refractivity contribution in [2.24, 2.45) is 5.92 Å². The van der Waals surface area contributed by atoms with Crippen molar-refractivity contribution in [2.75, 3.05) is 0 Å². The molecule has 0 aromatic rings. The topological polar surface area (TPSA) is 26.3 Å². The smallest absolute Gasteiger partial charge is 0.310 e. The van der Waals surface area contributed by atoms with Gasteiger partial charge in [0.2, 0.25) is 0 Å². The van der Waals surface area contributed by atoms with Crippen molar-refractivity contribution < 1.29 is 9.53 Å². The van der Waals surface area contributed by atoms with Crippen LogP contribution in [0.5, 0.6) is 0 Å². The Morgan fingerprint density at radius 2 is 2.08 bits per heavy atom. The van der Waals surface area contributed by atoms with Gasteiger partial charge in [0.1, 0.15) is 0 Å². The SMILES string of the molecule is C=COC(=O)CCC(CC)CC. The number of rotatable bonds is 6. The summed E-state index contributed by atoms with van der Waals surface area (Å²) in [4.78, 5) is 10.9. The van der Waals surface area contributed by atoms with Crippen molar-refractivity contribution in [2.45, 2.75) is 39.5 Å². The second-order valence-corrected chi connectivity index (χ2v) is 2.88. The van der Waals surface area contributed by atoms with E-state index in [1.165, 1.54) is 6.26 Å². The van der Waals surface area contributed by atoms with E-state index in [4.69, 9.17) is 0 Å². The maximum atomic E-state index is 10.9. The number of hydrogen-bond donors (Lipinski definition) is 0. The van der Waals surface area contributed by atoms with Gasteiger partial charge in [-0.25, -0.2) is 0 Å². The van der Waals surface area contributed by atoms with Gasteiger partial charge in [-0.15, -0.1) is 0 Å². The summed E-state index contributed by atoms with van der Waals surface area (Å²) in [6.45, 7) is 7.62. The summed E-state index contributed by atoms with van der Waals surface area (Å²) in [6, 6.07) is 0. The van der Waals surface area contributed by atoms with Crippen LogP contribution in [0.2, 0.25) is 0 Å². The van der Waals surface area contributed by atoms with Crippen molar-refractivity contribution in [3.05, 3.63) is 12.8 Å². The van der Waals surface area contributed by atoms with Crippen molar-refractivity contribution in [1.29, 1.82) is 0 Å². The third-order valence-electron chi connectivity index (χ3n) is 2.13. The predicted octanol–water partition coefficient (Wildman–Crippen LogP) is 2.89. The number of hydrogen-bond acceptors (Lipinski definition) is 2. The highest BCUT2D eigenvalue weighted by Gasteiger charge is 2.07. The molecular weight excluding hydrogens is 152 g/mol. The monoisotopic (exact) mass is 170 g/mol. The molecule has 0 saturated carbocycles. The fourth-order valence-electron chi connectivity index (χ4n) is 1.17. The standard InChI is InChI=1S/C10H18O2/c1-4-9(5-2)7-8-10(11)12-6-3/h6,9H,3-5,7-8H2,1-2H3. The number of esters is 1. The van der Waals surface area contributed by atoms with E-state index in [2.05, 4.69) is 25.2 Å². The molecule has 0 aliphatic carbocycles. The van der Waals surface area contributed by atoms with Crippen LogP contribution in [-0.4, -0.2) is 5.97 Å². The van der Waals surface area contributed by atoms with E-state index in [1.54, 1.807) is 0 Å². The van der Waals surface area contributed by atoms with Crippen LogP contribution < -0.4 is 0 Å². The van der Waals surface area contributed by atoms with Gasteiger partial charge in [0.05, 0.1) is 6.26 Å². The van der Waals surface area contributed by atoms with E-state index in [0.29, 0.717) is 12.3 Å². The number of ether oxygens (including phenoxy) is 1. The molecule has 0 saturated heterocycles. The van der Waals surface area contributed by atoms with Crippen molar-refractivity contribution in [1.82, 2.24) is 0 Å². The van der Waals surface area contributed by atoms with Gasteiger partial charge in [-0.05, 0) is 12.3 Å². The van der Waals surface area contributed by atoms with E-state index in [9.17, 15) is 4.79 Å². The predicted molar refractivity (Wildman–Crippen MR) is 49.6 cm³/mol. The Balaban J connectivity index is 3.51.